The Bertz CT molecular complexity index is 895. The van der Waals surface area contributed by atoms with Crippen LogP contribution < -0.4 is 4.74 Å². The number of alkyl halides is 3. The largest absolute Gasteiger partial charge is 0.470 e. The van der Waals surface area contributed by atoms with Crippen LogP contribution in [-0.4, -0.2) is 40.0 Å². The Morgan fingerprint density at radius 2 is 2.11 bits per heavy atom. The predicted molar refractivity (Wildman–Crippen MR) is 92.1 cm³/mol. The van der Waals surface area contributed by atoms with Crippen LogP contribution >= 0.6 is 0 Å². The van der Waals surface area contributed by atoms with Crippen molar-refractivity contribution in [1.82, 2.24) is 14.9 Å². The molecule has 1 atom stereocenters. The van der Waals surface area contributed by atoms with E-state index in [0.29, 0.717) is 24.9 Å². The van der Waals surface area contributed by atoms with E-state index < -0.39 is 11.7 Å². The number of nitriles is 1. The molecule has 0 N–H and O–H groups in total. The maximum Gasteiger partial charge on any atom is 0.416 e. The number of hydrogen-bond acceptors (Lipinski definition) is 5. The molecule has 0 bridgehead atoms. The van der Waals surface area contributed by atoms with Gasteiger partial charge in [-0.05, 0) is 24.5 Å². The van der Waals surface area contributed by atoms with Gasteiger partial charge in [-0.2, -0.15) is 18.4 Å². The molecule has 1 aromatic carbocycles. The molecule has 9 heteroatoms. The number of carbonyl (C=O) groups excluding carboxylic acids is 1. The van der Waals surface area contributed by atoms with E-state index in [9.17, 15) is 18.0 Å². The summed E-state index contributed by atoms with van der Waals surface area (Å²) in [7, 11) is 0. The second-order valence-corrected chi connectivity index (χ2v) is 6.42. The Labute approximate surface area is 159 Å². The number of ether oxygens (including phenoxy) is 1. The Balaban J connectivity index is 1.64. The monoisotopic (exact) mass is 390 g/mol. The van der Waals surface area contributed by atoms with Crippen LogP contribution in [-0.2, 0) is 17.4 Å². The molecule has 1 amide bonds. The fourth-order valence-electron chi connectivity index (χ4n) is 3.05. The first-order chi connectivity index (χ1) is 13.4. The fraction of sp³-hybridized carbons (Fsp3) is 0.368. The second kappa shape index (κ2) is 8.25. The number of rotatable bonds is 4. The van der Waals surface area contributed by atoms with Gasteiger partial charge >= 0.3 is 6.18 Å². The molecule has 1 saturated heterocycles. The summed E-state index contributed by atoms with van der Waals surface area (Å²) in [5, 5.41) is 9.05. The lowest BCUT2D eigenvalue weighted by atomic mass is 10.0. The first-order valence-electron chi connectivity index (χ1n) is 8.68. The Morgan fingerprint density at radius 1 is 1.32 bits per heavy atom. The van der Waals surface area contributed by atoms with E-state index in [1.54, 1.807) is 4.90 Å². The summed E-state index contributed by atoms with van der Waals surface area (Å²) in [6, 6.07) is 6.67. The summed E-state index contributed by atoms with van der Waals surface area (Å²) in [6.45, 7) is 0.780. The van der Waals surface area contributed by atoms with Crippen molar-refractivity contribution in [3.05, 3.63) is 53.5 Å². The van der Waals surface area contributed by atoms with Gasteiger partial charge in [0.25, 0.3) is 5.88 Å². The van der Waals surface area contributed by atoms with Crippen LogP contribution in [0.3, 0.4) is 0 Å². The highest BCUT2D eigenvalue weighted by Crippen LogP contribution is 2.29. The molecule has 1 fully saturated rings. The number of amides is 1. The summed E-state index contributed by atoms with van der Waals surface area (Å²) in [5.74, 6) is -0.158. The summed E-state index contributed by atoms with van der Waals surface area (Å²) >= 11 is 0. The Morgan fingerprint density at radius 3 is 2.86 bits per heavy atom. The van der Waals surface area contributed by atoms with E-state index in [0.717, 1.165) is 12.1 Å². The van der Waals surface area contributed by atoms with Gasteiger partial charge in [0.05, 0.1) is 18.5 Å². The van der Waals surface area contributed by atoms with Gasteiger partial charge in [-0.15, -0.1) is 0 Å². The number of halogens is 3. The molecule has 1 aliphatic heterocycles. The minimum atomic E-state index is -4.45. The Hall–Kier alpha value is -3.15. The van der Waals surface area contributed by atoms with Crippen LogP contribution in [0.5, 0.6) is 5.88 Å². The highest BCUT2D eigenvalue weighted by Gasteiger charge is 2.31. The summed E-state index contributed by atoms with van der Waals surface area (Å²) < 4.78 is 44.2. The molecule has 0 spiro atoms. The van der Waals surface area contributed by atoms with E-state index in [1.165, 1.54) is 24.5 Å². The van der Waals surface area contributed by atoms with E-state index in [2.05, 4.69) is 9.97 Å². The molecule has 0 saturated carbocycles. The first kappa shape index (κ1) is 19.6. The van der Waals surface area contributed by atoms with E-state index in [1.807, 2.05) is 6.07 Å². The minimum absolute atomic E-state index is 0.0647. The van der Waals surface area contributed by atoms with Gasteiger partial charge in [-0.25, -0.2) is 9.97 Å². The molecule has 1 aliphatic rings. The lowest BCUT2D eigenvalue weighted by molar-refractivity contribution is -0.138. The van der Waals surface area contributed by atoms with Crippen molar-refractivity contribution in [2.45, 2.75) is 31.5 Å². The number of hydrogen-bond donors (Lipinski definition) is 0. The zero-order valence-corrected chi connectivity index (χ0v) is 14.8. The van der Waals surface area contributed by atoms with Crippen LogP contribution in [0, 0.1) is 11.3 Å². The average molecular weight is 390 g/mol. The zero-order valence-electron chi connectivity index (χ0n) is 14.8. The number of piperidine rings is 1. The third-order valence-electron chi connectivity index (χ3n) is 4.39. The summed E-state index contributed by atoms with van der Waals surface area (Å²) in [5.41, 5.74) is -0.400. The zero-order chi connectivity index (χ0) is 20.1. The van der Waals surface area contributed by atoms with Gasteiger partial charge in [0.15, 0.2) is 0 Å². The fourth-order valence-corrected chi connectivity index (χ4v) is 3.05. The van der Waals surface area contributed by atoms with Crippen molar-refractivity contribution in [3.8, 4) is 11.9 Å². The van der Waals surface area contributed by atoms with E-state index in [4.69, 9.17) is 10.00 Å². The lowest BCUT2D eigenvalue weighted by Crippen LogP contribution is -2.45. The number of benzene rings is 1. The number of nitrogens with zero attached hydrogens (tertiary/aromatic N) is 4. The predicted octanol–water partition coefficient (Wildman–Crippen LogP) is 2.98. The van der Waals surface area contributed by atoms with Crippen molar-refractivity contribution < 1.29 is 22.7 Å². The topological polar surface area (TPSA) is 79.1 Å². The molecule has 0 aliphatic carbocycles. The third kappa shape index (κ3) is 4.76. The molecule has 0 radical (unpaired) electrons. The summed E-state index contributed by atoms with van der Waals surface area (Å²) in [4.78, 5) is 22.0. The van der Waals surface area contributed by atoms with Crippen LogP contribution in [0.4, 0.5) is 13.2 Å². The number of aromatic nitrogens is 2. The maximum atomic E-state index is 12.8. The standard InChI is InChI=1S/C19H17F3N4O2/c20-19(21,22)14-4-1-3-13(9-14)10-17(27)26-8-2-5-15(12-26)28-18-16(11-23)24-6-7-25-18/h1,3-4,6-7,9,15H,2,5,8,10,12H2. The maximum absolute atomic E-state index is 12.8. The molecule has 3 rings (SSSR count). The first-order valence-corrected chi connectivity index (χ1v) is 8.68. The van der Waals surface area contributed by atoms with Gasteiger partial charge in [-0.3, -0.25) is 4.79 Å². The third-order valence-corrected chi connectivity index (χ3v) is 4.39. The van der Waals surface area contributed by atoms with Gasteiger partial charge < -0.3 is 9.64 Å². The SMILES string of the molecule is N#Cc1nccnc1OC1CCCN(C(=O)Cc2cccc(C(F)(F)F)c2)C1. The highest BCUT2D eigenvalue weighted by atomic mass is 19.4. The minimum Gasteiger partial charge on any atom is -0.470 e. The second-order valence-electron chi connectivity index (χ2n) is 6.42. The molecule has 28 heavy (non-hydrogen) atoms. The average Bonchev–Trinajstić information content (AvgIpc) is 2.68. The van der Waals surface area contributed by atoms with Crippen molar-refractivity contribution in [2.75, 3.05) is 13.1 Å². The molecular formula is C19H17F3N4O2. The number of likely N-dealkylation sites (tertiary alicyclic amines) is 1. The van der Waals surface area contributed by atoms with Crippen LogP contribution in [0.1, 0.15) is 29.7 Å². The van der Waals surface area contributed by atoms with E-state index >= 15 is 0 Å². The van der Waals surface area contributed by atoms with Gasteiger partial charge in [-0.1, -0.05) is 18.2 Å². The normalized spacial score (nSPS) is 17.1. The summed E-state index contributed by atoms with van der Waals surface area (Å²) in [6.07, 6.45) is -0.769. The lowest BCUT2D eigenvalue weighted by Gasteiger charge is -2.32. The van der Waals surface area contributed by atoms with Crippen LogP contribution in [0.15, 0.2) is 36.7 Å². The van der Waals surface area contributed by atoms with Gasteiger partial charge in [0.2, 0.25) is 11.6 Å². The van der Waals surface area contributed by atoms with Gasteiger partial charge in [0.1, 0.15) is 12.2 Å². The smallest absolute Gasteiger partial charge is 0.416 e. The van der Waals surface area contributed by atoms with Crippen LogP contribution in [0.2, 0.25) is 0 Å². The molecule has 1 unspecified atom stereocenters. The van der Waals surface area contributed by atoms with Crippen molar-refractivity contribution in [2.24, 2.45) is 0 Å². The Kier molecular flexibility index (Phi) is 5.78. The van der Waals surface area contributed by atoms with Crippen molar-refractivity contribution in [1.29, 1.82) is 5.26 Å². The quantitative estimate of drug-likeness (QED) is 0.802. The molecule has 146 valence electrons. The number of carbonyl (C=O) groups is 1. The van der Waals surface area contributed by atoms with E-state index in [-0.39, 0.29) is 36.6 Å². The molecule has 6 nitrogen and oxygen atoms in total. The highest BCUT2D eigenvalue weighted by molar-refractivity contribution is 5.79. The van der Waals surface area contributed by atoms with Crippen molar-refractivity contribution >= 4 is 5.91 Å². The molecule has 1 aromatic heterocycles. The molecule has 2 aromatic rings. The van der Waals surface area contributed by atoms with Crippen molar-refractivity contribution in [3.63, 3.8) is 0 Å². The molecule has 2 heterocycles. The van der Waals surface area contributed by atoms with Crippen LogP contribution in [0.25, 0.3) is 0 Å². The molecular weight excluding hydrogens is 373 g/mol. The van der Waals surface area contributed by atoms with Gasteiger partial charge in [0, 0.05) is 18.9 Å².